The van der Waals surface area contributed by atoms with E-state index in [0.29, 0.717) is 6.54 Å². The Balaban J connectivity index is 1.99. The molecule has 2 fully saturated rings. The van der Waals surface area contributed by atoms with E-state index in [2.05, 4.69) is 11.9 Å². The van der Waals surface area contributed by atoms with Gasteiger partial charge in [-0.05, 0) is 45.8 Å². The third-order valence-electron chi connectivity index (χ3n) is 3.95. The summed E-state index contributed by atoms with van der Waals surface area (Å²) in [6.45, 7) is 2.47. The van der Waals surface area contributed by atoms with Gasteiger partial charge in [-0.3, -0.25) is 4.79 Å². The number of likely N-dealkylation sites (tertiary alicyclic amines) is 1. The van der Waals surface area contributed by atoms with Crippen LogP contribution in [0.3, 0.4) is 0 Å². The number of rotatable bonds is 4. The normalized spacial score (nSPS) is 24.6. The van der Waals surface area contributed by atoms with Crippen LogP contribution in [0.25, 0.3) is 0 Å². The van der Waals surface area contributed by atoms with E-state index >= 15 is 0 Å². The Labute approximate surface area is 103 Å². The highest BCUT2D eigenvalue weighted by Crippen LogP contribution is 2.35. The average molecular weight is 241 g/mol. The fourth-order valence-corrected chi connectivity index (χ4v) is 2.50. The van der Waals surface area contributed by atoms with E-state index in [1.807, 2.05) is 4.90 Å². The van der Waals surface area contributed by atoms with E-state index < -0.39 is 5.54 Å². The molecule has 0 bridgehead atoms. The van der Waals surface area contributed by atoms with Crippen LogP contribution in [0.4, 0.5) is 0 Å². The zero-order valence-electron chi connectivity index (χ0n) is 10.6. The summed E-state index contributed by atoms with van der Waals surface area (Å²) in [5.41, 5.74) is 5.36. The van der Waals surface area contributed by atoms with Gasteiger partial charge in [0.1, 0.15) is 0 Å². The summed E-state index contributed by atoms with van der Waals surface area (Å²) >= 11 is 0. The van der Waals surface area contributed by atoms with Crippen LogP contribution in [0.1, 0.15) is 25.7 Å². The van der Waals surface area contributed by atoms with E-state index in [1.54, 1.807) is 0 Å². The van der Waals surface area contributed by atoms with E-state index in [9.17, 15) is 4.79 Å². The van der Waals surface area contributed by atoms with Crippen molar-refractivity contribution >= 4 is 5.91 Å². The van der Waals surface area contributed by atoms with Gasteiger partial charge in [-0.25, -0.2) is 0 Å². The highest BCUT2D eigenvalue weighted by Gasteiger charge is 2.49. The summed E-state index contributed by atoms with van der Waals surface area (Å²) in [6, 6.07) is 0.256. The van der Waals surface area contributed by atoms with E-state index in [4.69, 9.17) is 10.8 Å². The Morgan fingerprint density at radius 3 is 2.53 bits per heavy atom. The number of hydrogen-bond donors (Lipinski definition) is 2. The van der Waals surface area contributed by atoms with Crippen LogP contribution >= 0.6 is 0 Å². The number of hydrogen-bond acceptors (Lipinski definition) is 4. The van der Waals surface area contributed by atoms with Crippen LogP contribution in [0.5, 0.6) is 0 Å². The number of carbonyl (C=O) groups excluding carboxylic acids is 1. The predicted molar refractivity (Wildman–Crippen MR) is 65.5 cm³/mol. The number of aliphatic hydroxyl groups excluding tert-OH is 1. The molecule has 2 rings (SSSR count). The lowest BCUT2D eigenvalue weighted by Crippen LogP contribution is -2.53. The molecule has 1 aliphatic heterocycles. The summed E-state index contributed by atoms with van der Waals surface area (Å²) in [7, 11) is 2.10. The quantitative estimate of drug-likeness (QED) is 0.689. The average Bonchev–Trinajstić information content (AvgIpc) is 3.06. The number of carbonyl (C=O) groups is 1. The first-order valence-corrected chi connectivity index (χ1v) is 6.46. The summed E-state index contributed by atoms with van der Waals surface area (Å²) in [5.74, 6) is 0.0427. The number of nitrogens with zero attached hydrogens (tertiary/aromatic N) is 2. The second kappa shape index (κ2) is 4.92. The van der Waals surface area contributed by atoms with Gasteiger partial charge >= 0.3 is 0 Å². The number of amides is 1. The molecule has 5 nitrogen and oxygen atoms in total. The molecule has 5 heteroatoms. The molecule has 0 spiro atoms. The van der Waals surface area contributed by atoms with Crippen molar-refractivity contribution in [2.45, 2.75) is 37.3 Å². The Morgan fingerprint density at radius 1 is 1.47 bits per heavy atom. The molecule has 0 aromatic heterocycles. The molecule has 3 N–H and O–H groups in total. The van der Waals surface area contributed by atoms with Crippen molar-refractivity contribution in [2.24, 2.45) is 5.73 Å². The molecule has 1 heterocycles. The van der Waals surface area contributed by atoms with Gasteiger partial charge in [0.05, 0.1) is 12.1 Å². The lowest BCUT2D eigenvalue weighted by molar-refractivity contribution is -0.137. The van der Waals surface area contributed by atoms with Crippen molar-refractivity contribution in [3.05, 3.63) is 0 Å². The van der Waals surface area contributed by atoms with E-state index in [1.165, 1.54) is 0 Å². The second-order valence-corrected chi connectivity index (χ2v) is 5.41. The standard InChI is InChI=1S/C12H23N3O2/c1-14-6-2-10(3-7-14)15(8-9-16)11(17)12(13)4-5-12/h10,16H,2-9,13H2,1H3. The largest absolute Gasteiger partial charge is 0.395 e. The summed E-state index contributed by atoms with van der Waals surface area (Å²) in [6.07, 6.45) is 3.55. The third-order valence-corrected chi connectivity index (χ3v) is 3.95. The first-order valence-electron chi connectivity index (χ1n) is 6.46. The van der Waals surface area contributed by atoms with Crippen LogP contribution in [-0.4, -0.2) is 65.7 Å². The minimum Gasteiger partial charge on any atom is -0.395 e. The fourth-order valence-electron chi connectivity index (χ4n) is 2.50. The summed E-state index contributed by atoms with van der Waals surface area (Å²) < 4.78 is 0. The first kappa shape index (κ1) is 12.8. The molecule has 0 aromatic rings. The molecule has 1 aliphatic carbocycles. The van der Waals surface area contributed by atoms with Gasteiger partial charge in [0.2, 0.25) is 5.91 Å². The molecule has 0 unspecified atom stereocenters. The molecule has 0 atom stereocenters. The first-order chi connectivity index (χ1) is 8.07. The van der Waals surface area contributed by atoms with Crippen molar-refractivity contribution in [3.63, 3.8) is 0 Å². The third kappa shape index (κ3) is 2.78. The van der Waals surface area contributed by atoms with Crippen LogP contribution in [0.15, 0.2) is 0 Å². The maximum absolute atomic E-state index is 12.3. The molecular weight excluding hydrogens is 218 g/mol. The van der Waals surface area contributed by atoms with Crippen molar-refractivity contribution in [1.29, 1.82) is 0 Å². The zero-order valence-corrected chi connectivity index (χ0v) is 10.6. The lowest BCUT2D eigenvalue weighted by atomic mass is 10.0. The minimum absolute atomic E-state index is 0.0220. The van der Waals surface area contributed by atoms with Crippen LogP contribution < -0.4 is 5.73 Å². The van der Waals surface area contributed by atoms with Crippen LogP contribution in [0.2, 0.25) is 0 Å². The predicted octanol–water partition coefficient (Wildman–Crippen LogP) is -0.607. The van der Waals surface area contributed by atoms with Crippen molar-refractivity contribution in [2.75, 3.05) is 33.3 Å². The fraction of sp³-hybridized carbons (Fsp3) is 0.917. The number of nitrogens with two attached hydrogens (primary N) is 1. The van der Waals surface area contributed by atoms with E-state index in [-0.39, 0.29) is 18.6 Å². The molecule has 1 saturated heterocycles. The van der Waals surface area contributed by atoms with Crippen LogP contribution in [-0.2, 0) is 4.79 Å². The summed E-state index contributed by atoms with van der Waals surface area (Å²) in [4.78, 5) is 16.4. The van der Waals surface area contributed by atoms with Crippen molar-refractivity contribution < 1.29 is 9.90 Å². The molecule has 17 heavy (non-hydrogen) atoms. The van der Waals surface area contributed by atoms with Crippen molar-refractivity contribution in [3.8, 4) is 0 Å². The second-order valence-electron chi connectivity index (χ2n) is 5.41. The molecule has 1 saturated carbocycles. The Hall–Kier alpha value is -0.650. The van der Waals surface area contributed by atoms with Crippen molar-refractivity contribution in [1.82, 2.24) is 9.80 Å². The Kier molecular flexibility index (Phi) is 3.70. The van der Waals surface area contributed by atoms with E-state index in [0.717, 1.165) is 38.8 Å². The minimum atomic E-state index is -0.613. The van der Waals surface area contributed by atoms with Gasteiger partial charge in [-0.1, -0.05) is 0 Å². The highest BCUT2D eigenvalue weighted by molar-refractivity contribution is 5.89. The number of aliphatic hydroxyl groups is 1. The molecule has 0 aromatic carbocycles. The highest BCUT2D eigenvalue weighted by atomic mass is 16.3. The number of piperidine rings is 1. The summed E-state index contributed by atoms with van der Waals surface area (Å²) in [5, 5.41) is 9.11. The van der Waals surface area contributed by atoms with Gasteiger partial charge in [0, 0.05) is 12.6 Å². The maximum atomic E-state index is 12.3. The molecule has 0 radical (unpaired) electrons. The van der Waals surface area contributed by atoms with Gasteiger partial charge in [0.25, 0.3) is 0 Å². The Bertz CT molecular complexity index is 283. The molecule has 1 amide bonds. The Morgan fingerprint density at radius 2 is 2.06 bits per heavy atom. The molecule has 2 aliphatic rings. The smallest absolute Gasteiger partial charge is 0.242 e. The topological polar surface area (TPSA) is 69.8 Å². The monoisotopic (exact) mass is 241 g/mol. The maximum Gasteiger partial charge on any atom is 0.242 e. The van der Waals surface area contributed by atoms with Gasteiger partial charge in [-0.2, -0.15) is 0 Å². The van der Waals surface area contributed by atoms with Gasteiger partial charge < -0.3 is 20.6 Å². The zero-order chi connectivity index (χ0) is 12.5. The van der Waals surface area contributed by atoms with Crippen LogP contribution in [0, 0.1) is 0 Å². The lowest BCUT2D eigenvalue weighted by Gasteiger charge is -2.38. The SMILES string of the molecule is CN1CCC(N(CCO)C(=O)C2(N)CC2)CC1. The van der Waals surface area contributed by atoms with Gasteiger partial charge in [0.15, 0.2) is 0 Å². The van der Waals surface area contributed by atoms with Gasteiger partial charge in [-0.15, -0.1) is 0 Å². The molecule has 98 valence electrons. The molecular formula is C12H23N3O2.